The summed E-state index contributed by atoms with van der Waals surface area (Å²) in [6, 6.07) is 15.0. The monoisotopic (exact) mass is 382 g/mol. The van der Waals surface area contributed by atoms with Crippen molar-refractivity contribution in [2.45, 2.75) is 45.1 Å². The molecule has 1 aromatic carbocycles. The van der Waals surface area contributed by atoms with Gasteiger partial charge in [0.25, 0.3) is 0 Å². The van der Waals surface area contributed by atoms with Gasteiger partial charge in [-0.1, -0.05) is 37.3 Å². The predicted octanol–water partition coefficient (Wildman–Crippen LogP) is 3.47. The Bertz CT molecular complexity index is 676. The Morgan fingerprint density at radius 3 is 2.64 bits per heavy atom. The van der Waals surface area contributed by atoms with Crippen LogP contribution in [-0.4, -0.2) is 49.6 Å². The van der Waals surface area contributed by atoms with Crippen molar-refractivity contribution < 1.29 is 4.42 Å². The third-order valence-electron chi connectivity index (χ3n) is 5.23. The fourth-order valence-corrected chi connectivity index (χ4v) is 3.67. The number of benzene rings is 1. The molecule has 2 aromatic rings. The van der Waals surface area contributed by atoms with E-state index >= 15 is 0 Å². The molecule has 2 heterocycles. The van der Waals surface area contributed by atoms with Crippen LogP contribution in [0.25, 0.3) is 0 Å². The molecule has 152 valence electrons. The highest BCUT2D eigenvalue weighted by Crippen LogP contribution is 2.10. The molecular formula is C23H34N4O. The summed E-state index contributed by atoms with van der Waals surface area (Å²) in [4.78, 5) is 7.36. The summed E-state index contributed by atoms with van der Waals surface area (Å²) < 4.78 is 5.42. The summed E-state index contributed by atoms with van der Waals surface area (Å²) in [5.41, 5.74) is 1.35. The molecule has 1 aliphatic heterocycles. The lowest BCUT2D eigenvalue weighted by Gasteiger charge is -2.32. The average Bonchev–Trinajstić information content (AvgIpc) is 3.24. The van der Waals surface area contributed by atoms with E-state index in [0.29, 0.717) is 6.04 Å². The number of furan rings is 1. The van der Waals surface area contributed by atoms with Crippen LogP contribution in [0.1, 0.15) is 37.5 Å². The lowest BCUT2D eigenvalue weighted by molar-refractivity contribution is 0.206. The Hall–Kier alpha value is -2.27. The van der Waals surface area contributed by atoms with E-state index in [1.165, 1.54) is 44.5 Å². The van der Waals surface area contributed by atoms with Gasteiger partial charge in [-0.15, -0.1) is 0 Å². The zero-order valence-corrected chi connectivity index (χ0v) is 17.1. The van der Waals surface area contributed by atoms with E-state index in [1.807, 2.05) is 12.1 Å². The maximum absolute atomic E-state index is 5.42. The summed E-state index contributed by atoms with van der Waals surface area (Å²) in [5.74, 6) is 1.91. The Labute approximate surface area is 169 Å². The van der Waals surface area contributed by atoms with Gasteiger partial charge in [-0.2, -0.15) is 0 Å². The molecule has 5 nitrogen and oxygen atoms in total. The lowest BCUT2D eigenvalue weighted by atomic mass is 10.1. The summed E-state index contributed by atoms with van der Waals surface area (Å²) in [6.45, 7) is 7.43. The third-order valence-corrected chi connectivity index (χ3v) is 5.23. The van der Waals surface area contributed by atoms with E-state index in [4.69, 9.17) is 9.41 Å². The number of aliphatic imine (C=N–C) groups is 1. The van der Waals surface area contributed by atoms with Crippen molar-refractivity contribution in [1.29, 1.82) is 0 Å². The van der Waals surface area contributed by atoms with E-state index in [9.17, 15) is 0 Å². The van der Waals surface area contributed by atoms with Crippen LogP contribution in [0.4, 0.5) is 0 Å². The Kier molecular flexibility index (Phi) is 8.44. The number of rotatable bonds is 9. The first-order valence-corrected chi connectivity index (χ1v) is 10.7. The van der Waals surface area contributed by atoms with Crippen LogP contribution in [0, 0.1) is 0 Å². The minimum absolute atomic E-state index is 0.500. The molecule has 2 N–H and O–H groups in total. The summed E-state index contributed by atoms with van der Waals surface area (Å²) in [6.07, 6.45) is 7.14. The van der Waals surface area contributed by atoms with E-state index < -0.39 is 0 Å². The number of hydrogen-bond donors (Lipinski definition) is 2. The van der Waals surface area contributed by atoms with E-state index in [-0.39, 0.29) is 0 Å². The molecule has 5 heteroatoms. The first-order valence-electron chi connectivity index (χ1n) is 10.7. The normalized spacial score (nSPS) is 16.2. The molecule has 0 atom stereocenters. The van der Waals surface area contributed by atoms with Crippen LogP contribution in [-0.2, 0) is 12.8 Å². The maximum Gasteiger partial charge on any atom is 0.191 e. The summed E-state index contributed by atoms with van der Waals surface area (Å²) in [5, 5.41) is 7.19. The zero-order chi connectivity index (χ0) is 19.4. The molecule has 0 spiro atoms. The van der Waals surface area contributed by atoms with Crippen molar-refractivity contribution in [3.8, 4) is 0 Å². The molecule has 0 radical (unpaired) electrons. The van der Waals surface area contributed by atoms with Crippen LogP contribution in [0.2, 0.25) is 0 Å². The molecule has 1 aromatic heterocycles. The smallest absolute Gasteiger partial charge is 0.191 e. The first-order chi connectivity index (χ1) is 13.8. The highest BCUT2D eigenvalue weighted by Gasteiger charge is 2.19. The van der Waals surface area contributed by atoms with Gasteiger partial charge in [0.15, 0.2) is 5.96 Å². The van der Waals surface area contributed by atoms with Crippen molar-refractivity contribution in [2.24, 2.45) is 4.99 Å². The van der Waals surface area contributed by atoms with Crippen LogP contribution in [0.3, 0.4) is 0 Å². The highest BCUT2D eigenvalue weighted by molar-refractivity contribution is 5.80. The summed E-state index contributed by atoms with van der Waals surface area (Å²) in [7, 11) is 0. The molecule has 0 unspecified atom stereocenters. The SMILES string of the molecule is CCCN1CCC(NC(=NCCc2ccco2)NCCc2ccccc2)CC1. The van der Waals surface area contributed by atoms with Crippen LogP contribution < -0.4 is 10.6 Å². The van der Waals surface area contributed by atoms with Crippen LogP contribution in [0.5, 0.6) is 0 Å². The van der Waals surface area contributed by atoms with Crippen molar-refractivity contribution in [2.75, 3.05) is 32.7 Å². The minimum Gasteiger partial charge on any atom is -0.469 e. The number of nitrogens with zero attached hydrogens (tertiary/aromatic N) is 2. The molecule has 0 amide bonds. The van der Waals surface area contributed by atoms with Gasteiger partial charge < -0.3 is 20.0 Å². The lowest BCUT2D eigenvalue weighted by Crippen LogP contribution is -2.49. The van der Waals surface area contributed by atoms with E-state index in [0.717, 1.165) is 37.7 Å². The third kappa shape index (κ3) is 7.04. The molecule has 3 rings (SSSR count). The highest BCUT2D eigenvalue weighted by atomic mass is 16.3. The van der Waals surface area contributed by atoms with Crippen LogP contribution in [0.15, 0.2) is 58.1 Å². The Balaban J connectivity index is 1.49. The van der Waals surface area contributed by atoms with Crippen LogP contribution >= 0.6 is 0 Å². The fraction of sp³-hybridized carbons (Fsp3) is 0.522. The number of piperidine rings is 1. The molecule has 1 aliphatic rings. The minimum atomic E-state index is 0.500. The van der Waals surface area contributed by atoms with E-state index in [1.54, 1.807) is 6.26 Å². The molecule has 0 bridgehead atoms. The molecule has 28 heavy (non-hydrogen) atoms. The maximum atomic E-state index is 5.42. The van der Waals surface area contributed by atoms with Crippen molar-refractivity contribution in [3.63, 3.8) is 0 Å². The van der Waals surface area contributed by atoms with Crippen molar-refractivity contribution in [3.05, 3.63) is 60.1 Å². The van der Waals surface area contributed by atoms with Gasteiger partial charge in [-0.25, -0.2) is 0 Å². The second-order valence-corrected chi connectivity index (χ2v) is 7.48. The molecule has 0 saturated carbocycles. The second-order valence-electron chi connectivity index (χ2n) is 7.48. The topological polar surface area (TPSA) is 52.8 Å². The molecular weight excluding hydrogens is 348 g/mol. The summed E-state index contributed by atoms with van der Waals surface area (Å²) >= 11 is 0. The Morgan fingerprint density at radius 1 is 1.11 bits per heavy atom. The van der Waals surface area contributed by atoms with Crippen molar-refractivity contribution >= 4 is 5.96 Å². The number of likely N-dealkylation sites (tertiary alicyclic amines) is 1. The van der Waals surface area contributed by atoms with Gasteiger partial charge in [0.2, 0.25) is 0 Å². The van der Waals surface area contributed by atoms with Gasteiger partial charge in [0.05, 0.1) is 6.26 Å². The Morgan fingerprint density at radius 2 is 1.93 bits per heavy atom. The van der Waals surface area contributed by atoms with Gasteiger partial charge in [0.1, 0.15) is 5.76 Å². The molecule has 1 fully saturated rings. The van der Waals surface area contributed by atoms with Gasteiger partial charge in [-0.3, -0.25) is 4.99 Å². The van der Waals surface area contributed by atoms with Gasteiger partial charge in [0, 0.05) is 38.6 Å². The largest absolute Gasteiger partial charge is 0.469 e. The average molecular weight is 383 g/mol. The number of guanidine groups is 1. The van der Waals surface area contributed by atoms with Gasteiger partial charge in [-0.05, 0) is 49.9 Å². The standard InChI is InChI=1S/C23H34N4O/c1-2-16-27-17-12-21(13-18-27)26-23(25-15-11-22-9-6-19-28-22)24-14-10-20-7-4-3-5-8-20/h3-9,19,21H,2,10-18H2,1H3,(H2,24,25,26). The van der Waals surface area contributed by atoms with E-state index in [2.05, 4.69) is 52.8 Å². The second kappa shape index (κ2) is 11.5. The van der Waals surface area contributed by atoms with Crippen molar-refractivity contribution in [1.82, 2.24) is 15.5 Å². The fourth-order valence-electron chi connectivity index (χ4n) is 3.67. The quantitative estimate of drug-likeness (QED) is 0.515. The molecule has 1 saturated heterocycles. The molecule has 0 aliphatic carbocycles. The number of nitrogens with one attached hydrogen (secondary N) is 2. The zero-order valence-electron chi connectivity index (χ0n) is 17.1. The first kappa shape index (κ1) is 20.5. The van der Waals surface area contributed by atoms with Gasteiger partial charge >= 0.3 is 0 Å². The predicted molar refractivity (Wildman–Crippen MR) is 116 cm³/mol. The number of hydrogen-bond acceptors (Lipinski definition) is 3.